The van der Waals surface area contributed by atoms with Crippen LogP contribution in [0, 0.1) is 0 Å². The first kappa shape index (κ1) is 13.9. The van der Waals surface area contributed by atoms with E-state index in [1.165, 1.54) is 11.1 Å². The Morgan fingerprint density at radius 1 is 1.00 bits per heavy atom. The number of anilines is 1. The molecule has 104 valence electrons. The van der Waals surface area contributed by atoms with Crippen LogP contribution in [-0.4, -0.2) is 6.61 Å². The first-order valence-corrected chi connectivity index (χ1v) is 7.40. The summed E-state index contributed by atoms with van der Waals surface area (Å²) in [6.07, 6.45) is 0.969. The number of ether oxygens (including phenoxy) is 1. The van der Waals surface area contributed by atoms with Gasteiger partial charge >= 0.3 is 0 Å². The predicted octanol–water partition coefficient (Wildman–Crippen LogP) is 5.19. The minimum atomic E-state index is 0.455. The molecule has 1 heterocycles. The molecule has 1 aliphatic rings. The lowest BCUT2D eigenvalue weighted by Gasteiger charge is -2.10. The van der Waals surface area contributed by atoms with Crippen molar-refractivity contribution in [2.24, 2.45) is 0 Å². The lowest BCUT2D eigenvalue weighted by Crippen LogP contribution is -2.00. The van der Waals surface area contributed by atoms with Crippen molar-refractivity contribution >= 4 is 40.5 Å². The summed E-state index contributed by atoms with van der Waals surface area (Å²) in [6, 6.07) is 9.59. The van der Waals surface area contributed by atoms with E-state index in [-0.39, 0.29) is 0 Å². The maximum atomic E-state index is 6.14. The van der Waals surface area contributed by atoms with Gasteiger partial charge in [0, 0.05) is 13.0 Å². The van der Waals surface area contributed by atoms with Gasteiger partial charge in [0.2, 0.25) is 0 Å². The van der Waals surface area contributed by atoms with Gasteiger partial charge in [-0.1, -0.05) is 46.9 Å². The van der Waals surface area contributed by atoms with Crippen LogP contribution >= 0.6 is 34.8 Å². The molecule has 0 atom stereocenters. The van der Waals surface area contributed by atoms with Gasteiger partial charge in [-0.15, -0.1) is 0 Å². The van der Waals surface area contributed by atoms with Gasteiger partial charge in [0.15, 0.2) is 0 Å². The number of hydrogen-bond acceptors (Lipinski definition) is 2. The highest BCUT2D eigenvalue weighted by atomic mass is 35.5. The highest BCUT2D eigenvalue weighted by Gasteiger charge is 2.12. The lowest BCUT2D eigenvalue weighted by atomic mass is 10.1. The molecule has 1 aliphatic heterocycles. The summed E-state index contributed by atoms with van der Waals surface area (Å²) < 4.78 is 5.49. The number of nitrogens with one attached hydrogen (secondary N) is 1. The fourth-order valence-corrected chi connectivity index (χ4v) is 2.82. The number of benzene rings is 2. The molecule has 2 aromatic carbocycles. The third-order valence-corrected chi connectivity index (χ3v) is 4.28. The second kappa shape index (κ2) is 5.72. The average molecular weight is 329 g/mol. The monoisotopic (exact) mass is 327 g/mol. The summed E-state index contributed by atoms with van der Waals surface area (Å²) in [4.78, 5) is 0. The van der Waals surface area contributed by atoms with Crippen molar-refractivity contribution in [3.8, 4) is 5.75 Å². The summed E-state index contributed by atoms with van der Waals surface area (Å²) in [5.74, 6) is 0.987. The first-order valence-electron chi connectivity index (χ1n) is 6.26. The van der Waals surface area contributed by atoms with Gasteiger partial charge in [-0.25, -0.2) is 0 Å². The molecular formula is C15H12Cl3NO. The topological polar surface area (TPSA) is 21.3 Å². The van der Waals surface area contributed by atoms with Gasteiger partial charge in [0.25, 0.3) is 0 Å². The van der Waals surface area contributed by atoms with E-state index in [9.17, 15) is 0 Å². The predicted molar refractivity (Wildman–Crippen MR) is 84.4 cm³/mol. The Hall–Kier alpha value is -1.09. The highest BCUT2D eigenvalue weighted by Crippen LogP contribution is 2.33. The van der Waals surface area contributed by atoms with Crippen molar-refractivity contribution in [1.29, 1.82) is 0 Å². The molecule has 0 bridgehead atoms. The molecular weight excluding hydrogens is 317 g/mol. The second-order valence-corrected chi connectivity index (χ2v) is 5.86. The molecule has 20 heavy (non-hydrogen) atoms. The Morgan fingerprint density at radius 2 is 1.80 bits per heavy atom. The molecule has 2 aromatic rings. The van der Waals surface area contributed by atoms with E-state index in [2.05, 4.69) is 11.4 Å². The Bertz CT molecular complexity index is 658. The Morgan fingerprint density at radius 3 is 2.65 bits per heavy atom. The Labute approximate surface area is 132 Å². The van der Waals surface area contributed by atoms with Crippen molar-refractivity contribution in [1.82, 2.24) is 0 Å². The van der Waals surface area contributed by atoms with E-state index in [1.54, 1.807) is 12.1 Å². The average Bonchev–Trinajstić information content (AvgIpc) is 2.89. The molecule has 0 saturated carbocycles. The van der Waals surface area contributed by atoms with Crippen molar-refractivity contribution < 1.29 is 4.74 Å². The molecule has 5 heteroatoms. The van der Waals surface area contributed by atoms with Gasteiger partial charge in [0.05, 0.1) is 27.4 Å². The maximum absolute atomic E-state index is 6.14. The second-order valence-electron chi connectivity index (χ2n) is 4.64. The van der Waals surface area contributed by atoms with Gasteiger partial charge in [0.1, 0.15) is 5.75 Å². The summed E-state index contributed by atoms with van der Waals surface area (Å²) in [5, 5.41) is 4.77. The molecule has 0 saturated heterocycles. The van der Waals surface area contributed by atoms with Gasteiger partial charge < -0.3 is 10.1 Å². The maximum Gasteiger partial charge on any atom is 0.122 e. The fourth-order valence-electron chi connectivity index (χ4n) is 2.21. The molecule has 0 unspecified atom stereocenters. The van der Waals surface area contributed by atoms with Crippen LogP contribution in [-0.2, 0) is 13.0 Å². The van der Waals surface area contributed by atoms with E-state index in [0.717, 1.165) is 24.5 Å². The molecule has 0 amide bonds. The number of halogens is 3. The number of rotatable bonds is 3. The van der Waals surface area contributed by atoms with Crippen LogP contribution in [0.2, 0.25) is 15.1 Å². The summed E-state index contributed by atoms with van der Waals surface area (Å²) in [7, 11) is 0. The zero-order valence-corrected chi connectivity index (χ0v) is 12.8. The SMILES string of the molecule is Clc1cc(Cl)c(NCc2ccc3c(c2)CCO3)cc1Cl. The quantitative estimate of drug-likeness (QED) is 0.782. The standard InChI is InChI=1S/C15H12Cl3NO/c16-11-6-13(18)14(7-12(11)17)19-8-9-1-2-15-10(5-9)3-4-20-15/h1-2,5-7,19H,3-4,8H2. The van der Waals surface area contributed by atoms with E-state index in [1.807, 2.05) is 12.1 Å². The molecule has 0 radical (unpaired) electrons. The van der Waals surface area contributed by atoms with Gasteiger partial charge in [-0.2, -0.15) is 0 Å². The van der Waals surface area contributed by atoms with Crippen LogP contribution in [0.1, 0.15) is 11.1 Å². The van der Waals surface area contributed by atoms with Crippen molar-refractivity contribution in [3.63, 3.8) is 0 Å². The van der Waals surface area contributed by atoms with Crippen LogP contribution in [0.25, 0.3) is 0 Å². The third-order valence-electron chi connectivity index (χ3n) is 3.25. The van der Waals surface area contributed by atoms with Crippen molar-refractivity contribution in [2.75, 3.05) is 11.9 Å². The zero-order valence-electron chi connectivity index (χ0n) is 10.6. The van der Waals surface area contributed by atoms with Crippen LogP contribution < -0.4 is 10.1 Å². The first-order chi connectivity index (χ1) is 9.63. The van der Waals surface area contributed by atoms with Crippen LogP contribution in [0.15, 0.2) is 30.3 Å². The fraction of sp³-hybridized carbons (Fsp3) is 0.200. The summed E-state index contributed by atoms with van der Waals surface area (Å²) in [6.45, 7) is 1.44. The van der Waals surface area contributed by atoms with E-state index >= 15 is 0 Å². The molecule has 0 aliphatic carbocycles. The number of hydrogen-bond donors (Lipinski definition) is 1. The summed E-state index contributed by atoms with van der Waals surface area (Å²) in [5.41, 5.74) is 3.21. The smallest absolute Gasteiger partial charge is 0.122 e. The number of fused-ring (bicyclic) bond motifs is 1. The zero-order chi connectivity index (χ0) is 14.1. The largest absolute Gasteiger partial charge is 0.493 e. The molecule has 0 aromatic heterocycles. The van der Waals surface area contributed by atoms with Gasteiger partial charge in [-0.05, 0) is 29.3 Å². The Balaban J connectivity index is 1.75. The van der Waals surface area contributed by atoms with Crippen molar-refractivity contribution in [3.05, 3.63) is 56.5 Å². The Kier molecular flexibility index (Phi) is 3.97. The van der Waals surface area contributed by atoms with Crippen LogP contribution in [0.3, 0.4) is 0 Å². The lowest BCUT2D eigenvalue weighted by molar-refractivity contribution is 0.357. The van der Waals surface area contributed by atoms with E-state index in [4.69, 9.17) is 39.5 Å². The van der Waals surface area contributed by atoms with Crippen LogP contribution in [0.4, 0.5) is 5.69 Å². The normalized spacial score (nSPS) is 12.9. The molecule has 2 nitrogen and oxygen atoms in total. The highest BCUT2D eigenvalue weighted by molar-refractivity contribution is 6.44. The third kappa shape index (κ3) is 2.83. The minimum Gasteiger partial charge on any atom is -0.493 e. The van der Waals surface area contributed by atoms with Crippen molar-refractivity contribution in [2.45, 2.75) is 13.0 Å². The minimum absolute atomic E-state index is 0.455. The van der Waals surface area contributed by atoms with E-state index in [0.29, 0.717) is 21.6 Å². The molecule has 3 rings (SSSR count). The molecule has 0 fully saturated rings. The summed E-state index contributed by atoms with van der Waals surface area (Å²) >= 11 is 18.0. The molecule has 1 N–H and O–H groups in total. The molecule has 0 spiro atoms. The van der Waals surface area contributed by atoms with Gasteiger partial charge in [-0.3, -0.25) is 0 Å². The van der Waals surface area contributed by atoms with Crippen LogP contribution in [0.5, 0.6) is 5.75 Å². The van der Waals surface area contributed by atoms with E-state index < -0.39 is 0 Å².